The molecule has 0 heterocycles. The van der Waals surface area contributed by atoms with Crippen molar-refractivity contribution < 1.29 is 79.4 Å². The van der Waals surface area contributed by atoms with E-state index in [0.29, 0.717) is 0 Å². The summed E-state index contributed by atoms with van der Waals surface area (Å²) in [6, 6.07) is 12.2. The van der Waals surface area contributed by atoms with Gasteiger partial charge in [0.15, 0.2) is 0 Å². The van der Waals surface area contributed by atoms with Crippen molar-refractivity contribution in [1.29, 1.82) is 0 Å². The molecular formula is C24H12F17NO. The van der Waals surface area contributed by atoms with Crippen LogP contribution in [0.3, 0.4) is 0 Å². The van der Waals surface area contributed by atoms with E-state index in [0.717, 1.165) is 5.32 Å². The average Bonchev–Trinajstić information content (AvgIpc) is 2.89. The number of rotatable bonds is 9. The fraction of sp³-hybridized carbons (Fsp3) is 0.375. The number of hydrogen-bond acceptors (Lipinski definition) is 1. The maximum Gasteiger partial charge on any atom is 0.460 e. The van der Waals surface area contributed by atoms with Crippen LogP contribution in [0, 0.1) is 0 Å². The largest absolute Gasteiger partial charge is 0.460 e. The first-order chi connectivity index (χ1) is 19.2. The molecule has 0 aliphatic carbocycles. The van der Waals surface area contributed by atoms with Gasteiger partial charge >= 0.3 is 47.6 Å². The summed E-state index contributed by atoms with van der Waals surface area (Å²) >= 11 is 0. The molecule has 0 aliphatic rings. The monoisotopic (exact) mass is 653 g/mol. The third-order valence-electron chi connectivity index (χ3n) is 6.26. The maximum atomic E-state index is 14.3. The number of nitrogens with one attached hydrogen (secondary N) is 1. The molecule has 0 fully saturated rings. The van der Waals surface area contributed by atoms with Crippen molar-refractivity contribution in [2.75, 3.05) is 6.54 Å². The summed E-state index contributed by atoms with van der Waals surface area (Å²) in [6.45, 7) is -3.07. The first-order valence-electron chi connectivity index (χ1n) is 11.1. The molecule has 0 unspecified atom stereocenters. The summed E-state index contributed by atoms with van der Waals surface area (Å²) in [5.74, 6) is -59.0. The van der Waals surface area contributed by atoms with Gasteiger partial charge in [-0.15, -0.1) is 0 Å². The minimum atomic E-state index is -8.72. The zero-order valence-corrected chi connectivity index (χ0v) is 20.2. The molecule has 0 aliphatic heterocycles. The molecule has 0 aromatic heterocycles. The van der Waals surface area contributed by atoms with Crippen LogP contribution in [0.4, 0.5) is 74.6 Å². The third kappa shape index (κ3) is 4.78. The number of halogens is 17. The summed E-state index contributed by atoms with van der Waals surface area (Å²) in [7, 11) is 0. The van der Waals surface area contributed by atoms with E-state index in [1.54, 1.807) is 0 Å². The normalized spacial score (nSPS) is 14.8. The van der Waals surface area contributed by atoms with Crippen LogP contribution in [0.25, 0.3) is 21.5 Å². The lowest BCUT2D eigenvalue weighted by atomic mass is 9.89. The van der Waals surface area contributed by atoms with Crippen molar-refractivity contribution in [2.24, 2.45) is 0 Å². The van der Waals surface area contributed by atoms with Crippen LogP contribution in [0.1, 0.15) is 10.4 Å². The predicted octanol–water partition coefficient (Wildman–Crippen LogP) is 8.73. The summed E-state index contributed by atoms with van der Waals surface area (Å²) in [4.78, 5) is 12.8. The smallest absolute Gasteiger partial charge is 0.346 e. The maximum absolute atomic E-state index is 14.3. The lowest BCUT2D eigenvalue weighted by Crippen LogP contribution is -2.75. The second-order valence-corrected chi connectivity index (χ2v) is 9.03. The molecule has 3 aromatic carbocycles. The van der Waals surface area contributed by atoms with E-state index in [1.165, 1.54) is 54.6 Å². The van der Waals surface area contributed by atoms with E-state index < -0.39 is 65.6 Å². The summed E-state index contributed by atoms with van der Waals surface area (Å²) in [5.41, 5.74) is -0.550. The zero-order valence-electron chi connectivity index (χ0n) is 20.2. The van der Waals surface area contributed by atoms with Crippen LogP contribution in [-0.2, 0) is 0 Å². The number of carbonyl (C=O) groups excluding carboxylic acids is 1. The number of fused-ring (bicyclic) bond motifs is 2. The molecule has 0 spiro atoms. The molecule has 238 valence electrons. The predicted molar refractivity (Wildman–Crippen MR) is 114 cm³/mol. The van der Waals surface area contributed by atoms with Gasteiger partial charge in [0.2, 0.25) is 0 Å². The average molecular weight is 653 g/mol. The van der Waals surface area contributed by atoms with Crippen molar-refractivity contribution in [2.45, 2.75) is 47.6 Å². The Hall–Kier alpha value is -3.54. The summed E-state index contributed by atoms with van der Waals surface area (Å²) in [5, 5.41) is 1.42. The quantitative estimate of drug-likeness (QED) is 0.182. The van der Waals surface area contributed by atoms with Gasteiger partial charge in [0.05, 0.1) is 12.1 Å². The van der Waals surface area contributed by atoms with Gasteiger partial charge in [-0.2, -0.15) is 74.6 Å². The zero-order chi connectivity index (χ0) is 33.2. The van der Waals surface area contributed by atoms with Crippen LogP contribution in [0.2, 0.25) is 0 Å². The van der Waals surface area contributed by atoms with Crippen molar-refractivity contribution in [3.63, 3.8) is 0 Å². The topological polar surface area (TPSA) is 29.1 Å². The highest BCUT2D eigenvalue weighted by Crippen LogP contribution is 2.63. The molecule has 43 heavy (non-hydrogen) atoms. The second-order valence-electron chi connectivity index (χ2n) is 9.03. The summed E-state index contributed by atoms with van der Waals surface area (Å²) < 4.78 is 229. The Bertz CT molecular complexity index is 1470. The molecular weight excluding hydrogens is 641 g/mol. The van der Waals surface area contributed by atoms with Gasteiger partial charge in [0, 0.05) is 0 Å². The Morgan fingerprint density at radius 2 is 0.860 bits per heavy atom. The van der Waals surface area contributed by atoms with Crippen molar-refractivity contribution >= 4 is 27.5 Å². The van der Waals surface area contributed by atoms with Crippen LogP contribution < -0.4 is 5.32 Å². The number of amides is 1. The van der Waals surface area contributed by atoms with Crippen molar-refractivity contribution in [1.82, 2.24) is 5.32 Å². The van der Waals surface area contributed by atoms with Crippen molar-refractivity contribution in [3.8, 4) is 0 Å². The molecule has 1 amide bonds. The molecule has 3 rings (SSSR count). The minimum absolute atomic E-state index is 0.0434. The Kier molecular flexibility index (Phi) is 7.90. The highest BCUT2D eigenvalue weighted by molar-refractivity contribution is 6.18. The van der Waals surface area contributed by atoms with Crippen LogP contribution in [0.15, 0.2) is 54.6 Å². The highest BCUT2D eigenvalue weighted by atomic mass is 19.4. The van der Waals surface area contributed by atoms with Gasteiger partial charge in [-0.25, -0.2) is 0 Å². The van der Waals surface area contributed by atoms with Crippen LogP contribution in [-0.4, -0.2) is 60.1 Å². The second kappa shape index (κ2) is 10.0. The van der Waals surface area contributed by atoms with Gasteiger partial charge < -0.3 is 5.32 Å². The Labute approximate surface area is 227 Å². The first kappa shape index (κ1) is 34.0. The molecule has 0 saturated carbocycles. The summed E-state index contributed by atoms with van der Waals surface area (Å²) in [6.07, 6.45) is -7.83. The van der Waals surface area contributed by atoms with Gasteiger partial charge in [0.25, 0.3) is 5.91 Å². The van der Waals surface area contributed by atoms with E-state index in [2.05, 4.69) is 0 Å². The SMILES string of the molecule is O=C(NCC(F)(F)C(F)(F)C(F)(F)C(F)(F)C(F)(F)C(F)(F)C(F)(F)C(F)(F)F)c1c2ccccc2cc2ccccc12. The highest BCUT2D eigenvalue weighted by Gasteiger charge is 2.95. The third-order valence-corrected chi connectivity index (χ3v) is 6.26. The Morgan fingerprint density at radius 1 is 0.512 bits per heavy atom. The van der Waals surface area contributed by atoms with Crippen LogP contribution >= 0.6 is 0 Å². The van der Waals surface area contributed by atoms with E-state index in [1.807, 2.05) is 0 Å². The molecule has 0 radical (unpaired) electrons. The number of benzene rings is 3. The minimum Gasteiger partial charge on any atom is -0.346 e. The van der Waals surface area contributed by atoms with Gasteiger partial charge in [-0.3, -0.25) is 4.79 Å². The molecule has 3 aromatic rings. The van der Waals surface area contributed by atoms with Gasteiger partial charge in [-0.1, -0.05) is 48.5 Å². The Morgan fingerprint density at radius 3 is 1.26 bits per heavy atom. The first-order valence-corrected chi connectivity index (χ1v) is 11.1. The molecule has 0 atom stereocenters. The molecule has 1 N–H and O–H groups in total. The fourth-order valence-electron chi connectivity index (χ4n) is 3.85. The number of hydrogen-bond donors (Lipinski definition) is 1. The van der Waals surface area contributed by atoms with E-state index in [4.69, 9.17) is 0 Å². The molecule has 2 nitrogen and oxygen atoms in total. The lowest BCUT2D eigenvalue weighted by molar-refractivity contribution is -0.461. The Balaban J connectivity index is 2.01. The van der Waals surface area contributed by atoms with Gasteiger partial charge in [-0.05, 0) is 27.6 Å². The molecule has 0 bridgehead atoms. The standard InChI is InChI=1S/C24H12F17NO/c25-17(26,10-42-16(43)15-13-7-3-1-5-11(13)9-12-6-2-4-8-14(12)15)18(27,28)19(29,30)20(31,32)21(33,34)22(35,36)23(37,38)24(39,40)41/h1-9H,10H2,(H,42,43). The number of carbonyl (C=O) groups is 1. The lowest BCUT2D eigenvalue weighted by Gasteiger charge is -2.42. The fourth-order valence-corrected chi connectivity index (χ4v) is 3.85. The van der Waals surface area contributed by atoms with E-state index in [-0.39, 0.29) is 21.5 Å². The van der Waals surface area contributed by atoms with E-state index in [9.17, 15) is 79.4 Å². The van der Waals surface area contributed by atoms with Gasteiger partial charge in [0.1, 0.15) is 0 Å². The number of alkyl halides is 17. The van der Waals surface area contributed by atoms with Crippen molar-refractivity contribution in [3.05, 3.63) is 60.2 Å². The van der Waals surface area contributed by atoms with E-state index >= 15 is 0 Å². The van der Waals surface area contributed by atoms with Crippen LogP contribution in [0.5, 0.6) is 0 Å². The molecule has 19 heteroatoms. The molecule has 0 saturated heterocycles.